The van der Waals surface area contributed by atoms with Gasteiger partial charge >= 0.3 is 0 Å². The zero-order chi connectivity index (χ0) is 13.7. The van der Waals surface area contributed by atoms with Gasteiger partial charge in [0.2, 0.25) is 11.8 Å². The summed E-state index contributed by atoms with van der Waals surface area (Å²) in [5.41, 5.74) is 0. The van der Waals surface area contributed by atoms with Crippen molar-refractivity contribution in [3.05, 3.63) is 0 Å². The third-order valence-corrected chi connectivity index (χ3v) is 4.55. The largest absolute Gasteiger partial charge is 0.356 e. The van der Waals surface area contributed by atoms with E-state index < -0.39 is 0 Å². The van der Waals surface area contributed by atoms with Gasteiger partial charge in [-0.15, -0.1) is 0 Å². The quantitative estimate of drug-likeness (QED) is 0.847. The van der Waals surface area contributed by atoms with Gasteiger partial charge in [-0.25, -0.2) is 0 Å². The molecule has 0 aromatic carbocycles. The summed E-state index contributed by atoms with van der Waals surface area (Å²) in [5, 5.41) is 2.79. The molecule has 0 bridgehead atoms. The normalized spacial score (nSPS) is 26.7. The van der Waals surface area contributed by atoms with Crippen molar-refractivity contribution in [2.45, 2.75) is 64.3 Å². The molecule has 2 unspecified atom stereocenters. The number of hydrogen-bond acceptors (Lipinski definition) is 2. The van der Waals surface area contributed by atoms with Crippen LogP contribution in [-0.2, 0) is 9.59 Å². The van der Waals surface area contributed by atoms with Crippen molar-refractivity contribution in [1.29, 1.82) is 0 Å². The second-order valence-electron chi connectivity index (χ2n) is 5.79. The molecule has 4 nitrogen and oxygen atoms in total. The van der Waals surface area contributed by atoms with E-state index in [1.807, 2.05) is 6.92 Å². The van der Waals surface area contributed by atoms with E-state index in [0.717, 1.165) is 18.9 Å². The molecule has 4 heteroatoms. The zero-order valence-corrected chi connectivity index (χ0v) is 12.0. The van der Waals surface area contributed by atoms with Gasteiger partial charge in [0.05, 0.1) is 0 Å². The Bertz CT molecular complexity index is 328. The van der Waals surface area contributed by atoms with E-state index in [4.69, 9.17) is 0 Å². The smallest absolute Gasteiger partial charge is 0.224 e. The van der Waals surface area contributed by atoms with Gasteiger partial charge in [0.15, 0.2) is 0 Å². The summed E-state index contributed by atoms with van der Waals surface area (Å²) in [6.45, 7) is 3.23. The highest BCUT2D eigenvalue weighted by Gasteiger charge is 2.35. The van der Waals surface area contributed by atoms with Gasteiger partial charge < -0.3 is 10.2 Å². The average Bonchev–Trinajstić information content (AvgIpc) is 2.46. The number of amides is 2. The number of piperidine rings is 1. The molecule has 19 heavy (non-hydrogen) atoms. The summed E-state index contributed by atoms with van der Waals surface area (Å²) in [7, 11) is 0. The molecule has 0 aromatic rings. The third-order valence-electron chi connectivity index (χ3n) is 4.55. The monoisotopic (exact) mass is 266 g/mol. The predicted octanol–water partition coefficient (Wildman–Crippen LogP) is 2.08. The van der Waals surface area contributed by atoms with Crippen molar-refractivity contribution in [2.75, 3.05) is 13.1 Å². The molecule has 1 N–H and O–H groups in total. The lowest BCUT2D eigenvalue weighted by atomic mass is 9.78. The number of carbonyl (C=O) groups is 2. The van der Waals surface area contributed by atoms with Crippen molar-refractivity contribution in [1.82, 2.24) is 10.2 Å². The number of carbonyl (C=O) groups excluding carboxylic acids is 2. The van der Waals surface area contributed by atoms with Crippen molar-refractivity contribution < 1.29 is 9.59 Å². The van der Waals surface area contributed by atoms with Crippen LogP contribution in [0.1, 0.15) is 58.3 Å². The number of rotatable bonds is 4. The molecule has 1 aliphatic heterocycles. The third kappa shape index (κ3) is 3.71. The van der Waals surface area contributed by atoms with E-state index in [-0.39, 0.29) is 11.8 Å². The fourth-order valence-electron chi connectivity index (χ4n) is 3.51. The second kappa shape index (κ2) is 6.92. The molecule has 2 amide bonds. The molecular formula is C15H26N2O2. The first-order valence-electron chi connectivity index (χ1n) is 7.78. The Morgan fingerprint density at radius 1 is 1.16 bits per heavy atom. The van der Waals surface area contributed by atoms with Gasteiger partial charge in [-0.2, -0.15) is 0 Å². The van der Waals surface area contributed by atoms with Gasteiger partial charge in [-0.1, -0.05) is 19.8 Å². The number of nitrogens with zero attached hydrogens (tertiary/aromatic N) is 1. The van der Waals surface area contributed by atoms with Crippen LogP contribution >= 0.6 is 0 Å². The maximum atomic E-state index is 12.3. The number of fused-ring (bicyclic) bond motifs is 1. The van der Waals surface area contributed by atoms with Crippen LogP contribution in [0.3, 0.4) is 0 Å². The van der Waals surface area contributed by atoms with Crippen LogP contribution in [0.25, 0.3) is 0 Å². The molecule has 0 spiro atoms. The van der Waals surface area contributed by atoms with Crippen molar-refractivity contribution in [2.24, 2.45) is 5.92 Å². The van der Waals surface area contributed by atoms with Crippen LogP contribution in [0.5, 0.6) is 0 Å². The van der Waals surface area contributed by atoms with Gasteiger partial charge in [-0.05, 0) is 31.6 Å². The Balaban J connectivity index is 1.81. The van der Waals surface area contributed by atoms with Crippen molar-refractivity contribution in [3.8, 4) is 0 Å². The summed E-state index contributed by atoms with van der Waals surface area (Å²) in [6.07, 6.45) is 8.44. The second-order valence-corrected chi connectivity index (χ2v) is 5.79. The van der Waals surface area contributed by atoms with Gasteiger partial charge in [0.25, 0.3) is 0 Å². The summed E-state index contributed by atoms with van der Waals surface area (Å²) in [6, 6.07) is 0.483. The first-order valence-corrected chi connectivity index (χ1v) is 7.78. The lowest BCUT2D eigenvalue weighted by Crippen LogP contribution is -2.50. The lowest BCUT2D eigenvalue weighted by Gasteiger charge is -2.44. The van der Waals surface area contributed by atoms with Crippen molar-refractivity contribution in [3.63, 3.8) is 0 Å². The van der Waals surface area contributed by atoms with E-state index in [2.05, 4.69) is 10.2 Å². The van der Waals surface area contributed by atoms with Crippen LogP contribution in [-0.4, -0.2) is 35.8 Å². The minimum Gasteiger partial charge on any atom is -0.356 e. The summed E-state index contributed by atoms with van der Waals surface area (Å²) >= 11 is 0. The standard InChI is InChI=1S/C15H26N2O2/c1-2-14(18)16-10-9-15(19)17-11-5-7-12-6-3-4-8-13(12)17/h12-13H,2-11H2,1H3,(H,16,18). The van der Waals surface area contributed by atoms with E-state index in [9.17, 15) is 9.59 Å². The van der Waals surface area contributed by atoms with Gasteiger partial charge in [-0.3, -0.25) is 9.59 Å². The van der Waals surface area contributed by atoms with Crippen LogP contribution in [0.15, 0.2) is 0 Å². The minimum atomic E-state index is 0.0296. The van der Waals surface area contributed by atoms with E-state index >= 15 is 0 Å². The summed E-state index contributed by atoms with van der Waals surface area (Å²) in [4.78, 5) is 25.6. The number of likely N-dealkylation sites (tertiary alicyclic amines) is 1. The Hall–Kier alpha value is -1.06. The predicted molar refractivity (Wildman–Crippen MR) is 74.6 cm³/mol. The maximum absolute atomic E-state index is 12.3. The highest BCUT2D eigenvalue weighted by molar-refractivity contribution is 5.79. The zero-order valence-electron chi connectivity index (χ0n) is 12.0. The Morgan fingerprint density at radius 2 is 1.89 bits per heavy atom. The fraction of sp³-hybridized carbons (Fsp3) is 0.867. The average molecular weight is 266 g/mol. The molecular weight excluding hydrogens is 240 g/mol. The molecule has 2 rings (SSSR count). The maximum Gasteiger partial charge on any atom is 0.224 e. The highest BCUT2D eigenvalue weighted by atomic mass is 16.2. The molecule has 1 heterocycles. The Labute approximate surface area is 115 Å². The molecule has 2 aliphatic rings. The van der Waals surface area contributed by atoms with Crippen LogP contribution < -0.4 is 5.32 Å². The molecule has 2 atom stereocenters. The first-order chi connectivity index (χ1) is 9.22. The van der Waals surface area contributed by atoms with Gasteiger partial charge in [0.1, 0.15) is 0 Å². The Morgan fingerprint density at radius 3 is 2.68 bits per heavy atom. The molecule has 1 aliphatic carbocycles. The molecule has 0 radical (unpaired) electrons. The topological polar surface area (TPSA) is 49.4 Å². The van der Waals surface area contributed by atoms with E-state index in [1.54, 1.807) is 0 Å². The van der Waals surface area contributed by atoms with Crippen LogP contribution in [0.2, 0.25) is 0 Å². The van der Waals surface area contributed by atoms with Crippen LogP contribution in [0.4, 0.5) is 0 Å². The minimum absolute atomic E-state index is 0.0296. The summed E-state index contributed by atoms with van der Waals surface area (Å²) in [5.74, 6) is 0.992. The molecule has 1 saturated heterocycles. The number of nitrogens with one attached hydrogen (secondary N) is 1. The first kappa shape index (κ1) is 14.4. The fourth-order valence-corrected chi connectivity index (χ4v) is 3.51. The highest BCUT2D eigenvalue weighted by Crippen LogP contribution is 2.35. The van der Waals surface area contributed by atoms with E-state index in [1.165, 1.54) is 32.1 Å². The van der Waals surface area contributed by atoms with Crippen LogP contribution in [0, 0.1) is 5.92 Å². The van der Waals surface area contributed by atoms with Gasteiger partial charge in [0, 0.05) is 32.0 Å². The van der Waals surface area contributed by atoms with E-state index in [0.29, 0.717) is 25.4 Å². The lowest BCUT2D eigenvalue weighted by molar-refractivity contribution is -0.137. The molecule has 2 fully saturated rings. The summed E-state index contributed by atoms with van der Waals surface area (Å²) < 4.78 is 0. The molecule has 1 saturated carbocycles. The van der Waals surface area contributed by atoms with Crippen molar-refractivity contribution >= 4 is 11.8 Å². The Kier molecular flexibility index (Phi) is 5.23. The molecule has 0 aromatic heterocycles. The molecule has 108 valence electrons. The number of hydrogen-bond donors (Lipinski definition) is 1. The SMILES string of the molecule is CCC(=O)NCCC(=O)N1CCCC2CCCCC21.